The number of hydrogen-bond acceptors (Lipinski definition) is 2. The van der Waals surface area contributed by atoms with Crippen LogP contribution in [0.5, 0.6) is 0 Å². The van der Waals surface area contributed by atoms with E-state index in [-0.39, 0.29) is 11.6 Å². The van der Waals surface area contributed by atoms with Gasteiger partial charge in [-0.15, -0.1) is 0 Å². The Hall–Kier alpha value is -2.06. The first-order valence-electron chi connectivity index (χ1n) is 5.60. The lowest BCUT2D eigenvalue weighted by atomic mass is 9.83. The normalized spacial score (nSPS) is 28.2. The summed E-state index contributed by atoms with van der Waals surface area (Å²) in [7, 11) is 0. The van der Waals surface area contributed by atoms with Gasteiger partial charge in [0.05, 0.1) is 0 Å². The summed E-state index contributed by atoms with van der Waals surface area (Å²) in [5, 5.41) is 0. The summed E-state index contributed by atoms with van der Waals surface area (Å²) in [6.07, 6.45) is 6.94. The van der Waals surface area contributed by atoms with E-state index in [1.807, 2.05) is 0 Å². The summed E-state index contributed by atoms with van der Waals surface area (Å²) in [4.78, 5) is 23.9. The van der Waals surface area contributed by atoms with Gasteiger partial charge >= 0.3 is 0 Å². The molecule has 2 rings (SSSR count). The van der Waals surface area contributed by atoms with Crippen molar-refractivity contribution in [3.8, 4) is 23.7 Å². The molecule has 2 heteroatoms. The van der Waals surface area contributed by atoms with Crippen molar-refractivity contribution in [3.63, 3.8) is 0 Å². The van der Waals surface area contributed by atoms with Crippen molar-refractivity contribution in [1.82, 2.24) is 0 Å². The van der Waals surface area contributed by atoms with Crippen LogP contribution in [0.15, 0.2) is 23.8 Å². The zero-order valence-electron chi connectivity index (χ0n) is 9.67. The molecule has 2 aliphatic rings. The Labute approximate surface area is 101 Å². The van der Waals surface area contributed by atoms with Gasteiger partial charge in [-0.25, -0.2) is 0 Å². The second-order valence-electron chi connectivity index (χ2n) is 4.15. The molecule has 0 aliphatic heterocycles. The molecule has 0 amide bonds. The van der Waals surface area contributed by atoms with Crippen LogP contribution in [0.2, 0.25) is 0 Å². The Morgan fingerprint density at radius 3 is 2.82 bits per heavy atom. The second-order valence-corrected chi connectivity index (χ2v) is 4.15. The molecule has 17 heavy (non-hydrogen) atoms. The largest absolute Gasteiger partial charge is 0.298 e. The Balaban J connectivity index is 2.25. The van der Waals surface area contributed by atoms with E-state index in [9.17, 15) is 9.59 Å². The van der Waals surface area contributed by atoms with Gasteiger partial charge in [-0.05, 0) is 31.6 Å². The number of hydrogen-bond donors (Lipinski definition) is 0. The van der Waals surface area contributed by atoms with Crippen LogP contribution in [0.3, 0.4) is 0 Å². The van der Waals surface area contributed by atoms with Crippen molar-refractivity contribution >= 4 is 11.6 Å². The quantitative estimate of drug-likeness (QED) is 0.357. The maximum absolute atomic E-state index is 12.1. The van der Waals surface area contributed by atoms with E-state index in [2.05, 4.69) is 23.7 Å². The first-order valence-corrected chi connectivity index (χ1v) is 5.60. The molecule has 0 aromatic heterocycles. The minimum atomic E-state index is -0.857. The zero-order valence-corrected chi connectivity index (χ0v) is 9.67. The molecule has 1 fully saturated rings. The Morgan fingerprint density at radius 1 is 1.35 bits per heavy atom. The lowest BCUT2D eigenvalue weighted by Gasteiger charge is -2.15. The molecule has 1 spiro atoms. The Kier molecular flexibility index (Phi) is 2.98. The lowest BCUT2D eigenvalue weighted by molar-refractivity contribution is -0.132. The van der Waals surface area contributed by atoms with Crippen LogP contribution in [0, 0.1) is 29.1 Å². The molecule has 0 heterocycles. The van der Waals surface area contributed by atoms with Crippen LogP contribution in [-0.2, 0) is 9.59 Å². The third-order valence-electron chi connectivity index (χ3n) is 3.17. The monoisotopic (exact) mass is 224 g/mol. The van der Waals surface area contributed by atoms with E-state index in [1.54, 1.807) is 25.2 Å². The standard InChI is InChI=1S/C15H12O2/c1-2-3-4-5-7-12-9-11-15(14(12)17)10-6-8-13(15)16/h7,9,11H,6,8,10H2,1H3/b12-7+. The SMILES string of the molecule is CC#CC#C/C=C1\C=CC2(CCCC2=O)C1=O. The summed E-state index contributed by atoms with van der Waals surface area (Å²) in [6.45, 7) is 1.70. The average molecular weight is 224 g/mol. The topological polar surface area (TPSA) is 34.1 Å². The maximum Gasteiger partial charge on any atom is 0.180 e. The van der Waals surface area contributed by atoms with Gasteiger partial charge in [-0.1, -0.05) is 24.0 Å². The smallest absolute Gasteiger partial charge is 0.180 e. The fourth-order valence-corrected chi connectivity index (χ4v) is 2.27. The molecule has 0 bridgehead atoms. The molecule has 0 radical (unpaired) electrons. The summed E-state index contributed by atoms with van der Waals surface area (Å²) in [6, 6.07) is 0. The first-order chi connectivity index (χ1) is 8.20. The predicted octanol–water partition coefficient (Wildman–Crippen LogP) is 1.82. The van der Waals surface area contributed by atoms with E-state index in [1.165, 1.54) is 0 Å². The third-order valence-corrected chi connectivity index (χ3v) is 3.17. The molecule has 1 unspecified atom stereocenters. The van der Waals surface area contributed by atoms with Gasteiger partial charge in [-0.2, -0.15) is 0 Å². The minimum absolute atomic E-state index is 0.0449. The second kappa shape index (κ2) is 4.44. The van der Waals surface area contributed by atoms with Crippen LogP contribution >= 0.6 is 0 Å². The van der Waals surface area contributed by atoms with Gasteiger partial charge in [-0.3, -0.25) is 9.59 Å². The summed E-state index contributed by atoms with van der Waals surface area (Å²) in [5.74, 6) is 10.5. The van der Waals surface area contributed by atoms with Crippen LogP contribution in [-0.4, -0.2) is 11.6 Å². The molecular weight excluding hydrogens is 212 g/mol. The molecule has 0 aromatic rings. The van der Waals surface area contributed by atoms with Crippen molar-refractivity contribution in [2.45, 2.75) is 26.2 Å². The van der Waals surface area contributed by atoms with Crippen LogP contribution < -0.4 is 0 Å². The van der Waals surface area contributed by atoms with Crippen LogP contribution in [0.1, 0.15) is 26.2 Å². The predicted molar refractivity (Wildman–Crippen MR) is 64.7 cm³/mol. The van der Waals surface area contributed by atoms with Crippen molar-refractivity contribution in [2.24, 2.45) is 5.41 Å². The van der Waals surface area contributed by atoms with Gasteiger partial charge < -0.3 is 0 Å². The van der Waals surface area contributed by atoms with Gasteiger partial charge in [0.25, 0.3) is 0 Å². The van der Waals surface area contributed by atoms with E-state index in [0.29, 0.717) is 18.4 Å². The highest BCUT2D eigenvalue weighted by molar-refractivity contribution is 6.20. The van der Waals surface area contributed by atoms with Gasteiger partial charge in [0.2, 0.25) is 0 Å². The molecule has 2 nitrogen and oxygen atoms in total. The molecular formula is C15H12O2. The van der Waals surface area contributed by atoms with E-state index in [0.717, 1.165) is 6.42 Å². The molecule has 0 N–H and O–H groups in total. The van der Waals surface area contributed by atoms with Gasteiger partial charge in [0.15, 0.2) is 11.6 Å². The number of Topliss-reactive ketones (excluding diaryl/α,β-unsaturated/α-hetero) is 2. The highest BCUT2D eigenvalue weighted by Gasteiger charge is 2.49. The highest BCUT2D eigenvalue weighted by Crippen LogP contribution is 2.43. The number of allylic oxidation sites excluding steroid dienone is 4. The minimum Gasteiger partial charge on any atom is -0.298 e. The van der Waals surface area contributed by atoms with Gasteiger partial charge in [0.1, 0.15) is 5.41 Å². The van der Waals surface area contributed by atoms with Crippen molar-refractivity contribution in [1.29, 1.82) is 0 Å². The molecule has 1 saturated carbocycles. The lowest BCUT2D eigenvalue weighted by Crippen LogP contribution is -2.30. The fraction of sp³-hybridized carbons (Fsp3) is 0.333. The highest BCUT2D eigenvalue weighted by atomic mass is 16.2. The van der Waals surface area contributed by atoms with Crippen molar-refractivity contribution in [3.05, 3.63) is 23.8 Å². The molecule has 2 aliphatic carbocycles. The van der Waals surface area contributed by atoms with Crippen molar-refractivity contribution < 1.29 is 9.59 Å². The third kappa shape index (κ3) is 1.83. The Bertz CT molecular complexity index is 555. The van der Waals surface area contributed by atoms with E-state index in [4.69, 9.17) is 0 Å². The number of carbonyl (C=O) groups is 2. The number of ketones is 2. The van der Waals surface area contributed by atoms with Gasteiger partial charge in [0, 0.05) is 18.1 Å². The molecule has 1 atom stereocenters. The van der Waals surface area contributed by atoms with Crippen molar-refractivity contribution in [2.75, 3.05) is 0 Å². The summed E-state index contributed by atoms with van der Waals surface area (Å²) >= 11 is 0. The van der Waals surface area contributed by atoms with E-state index >= 15 is 0 Å². The molecule has 0 aromatic carbocycles. The summed E-state index contributed by atoms with van der Waals surface area (Å²) in [5.41, 5.74) is -0.338. The number of carbonyl (C=O) groups excluding carboxylic acids is 2. The molecule has 0 saturated heterocycles. The van der Waals surface area contributed by atoms with Crippen LogP contribution in [0.25, 0.3) is 0 Å². The van der Waals surface area contributed by atoms with Crippen LogP contribution in [0.4, 0.5) is 0 Å². The summed E-state index contributed by atoms with van der Waals surface area (Å²) < 4.78 is 0. The Morgan fingerprint density at radius 2 is 2.18 bits per heavy atom. The number of rotatable bonds is 0. The zero-order chi connectivity index (χ0) is 12.3. The fourth-order valence-electron chi connectivity index (χ4n) is 2.27. The van der Waals surface area contributed by atoms with E-state index < -0.39 is 5.41 Å². The molecule has 84 valence electrons. The first kappa shape index (κ1) is 11.4. The maximum atomic E-state index is 12.1. The average Bonchev–Trinajstić information content (AvgIpc) is 2.84.